The minimum atomic E-state index is -1.12. The smallest absolute Gasteiger partial charge is 0.337 e. The van der Waals surface area contributed by atoms with Crippen molar-refractivity contribution in [2.24, 2.45) is 0 Å². The first-order valence-electron chi connectivity index (χ1n) is 13.1. The van der Waals surface area contributed by atoms with Crippen molar-refractivity contribution in [3.63, 3.8) is 0 Å². The van der Waals surface area contributed by atoms with Gasteiger partial charge in [0.15, 0.2) is 0 Å². The molecule has 1 aromatic carbocycles. The van der Waals surface area contributed by atoms with E-state index >= 15 is 0 Å². The number of allylic oxidation sites excluding steroid dienone is 2. The van der Waals surface area contributed by atoms with Crippen molar-refractivity contribution in [2.75, 3.05) is 0 Å². The number of carbonyl (C=O) groups is 2. The van der Waals surface area contributed by atoms with E-state index in [1.165, 1.54) is 19.3 Å². The Hall–Kier alpha value is -3.11. The number of nitrogens with zero attached hydrogens (tertiary/aromatic N) is 1. The van der Waals surface area contributed by atoms with Gasteiger partial charge in [0.25, 0.3) is 0 Å². The zero-order valence-corrected chi connectivity index (χ0v) is 21.4. The minimum absolute atomic E-state index is 0.0783. The quantitative estimate of drug-likeness (QED) is 0.486. The molecule has 7 nitrogen and oxygen atoms in total. The standard InChI is InChI=1S/C29H36N2O5/c1-4-29(15-9-14-23(29)35-22-12-6-5-7-13-22)36-28(34)25-19(3)31-18(2)24(27(32)33)26(25)21-11-8-10-20(16-21)17-30/h8,10-11,16,22-23,26,31H,4-7,9,12-15H2,1-3H3,(H,32,33). The van der Waals surface area contributed by atoms with E-state index in [-0.39, 0.29) is 23.4 Å². The summed E-state index contributed by atoms with van der Waals surface area (Å²) in [5.41, 5.74) is 1.61. The third-order valence-electron chi connectivity index (χ3n) is 8.02. The Morgan fingerprint density at radius 2 is 1.83 bits per heavy atom. The molecular weight excluding hydrogens is 456 g/mol. The average molecular weight is 493 g/mol. The normalized spacial score (nSPS) is 26.9. The van der Waals surface area contributed by atoms with E-state index in [1.807, 2.05) is 6.92 Å². The predicted octanol–water partition coefficient (Wildman–Crippen LogP) is 5.47. The van der Waals surface area contributed by atoms with E-state index in [9.17, 15) is 20.0 Å². The fourth-order valence-corrected chi connectivity index (χ4v) is 6.14. The molecule has 0 spiro atoms. The molecule has 3 aliphatic rings. The molecule has 0 radical (unpaired) electrons. The monoisotopic (exact) mass is 492 g/mol. The molecule has 0 amide bonds. The zero-order chi connectivity index (χ0) is 25.9. The predicted molar refractivity (Wildman–Crippen MR) is 135 cm³/mol. The lowest BCUT2D eigenvalue weighted by Gasteiger charge is -2.38. The maximum Gasteiger partial charge on any atom is 0.337 e. The van der Waals surface area contributed by atoms with Gasteiger partial charge in [0.2, 0.25) is 0 Å². The van der Waals surface area contributed by atoms with Gasteiger partial charge in [0, 0.05) is 11.4 Å². The zero-order valence-electron chi connectivity index (χ0n) is 21.4. The molecule has 1 aliphatic heterocycles. The van der Waals surface area contributed by atoms with E-state index in [4.69, 9.17) is 9.47 Å². The van der Waals surface area contributed by atoms with Crippen LogP contribution in [0.4, 0.5) is 0 Å². The average Bonchev–Trinajstić information content (AvgIpc) is 3.25. The van der Waals surface area contributed by atoms with Crippen molar-refractivity contribution >= 4 is 11.9 Å². The second-order valence-electron chi connectivity index (χ2n) is 10.3. The molecule has 36 heavy (non-hydrogen) atoms. The molecule has 1 heterocycles. The summed E-state index contributed by atoms with van der Waals surface area (Å²) in [5.74, 6) is -2.49. The molecule has 0 saturated heterocycles. The molecule has 1 aromatic rings. The van der Waals surface area contributed by atoms with Gasteiger partial charge in [-0.1, -0.05) is 38.3 Å². The van der Waals surface area contributed by atoms with E-state index in [1.54, 1.807) is 38.1 Å². The Morgan fingerprint density at radius 3 is 2.50 bits per heavy atom. The SMILES string of the molecule is CCC1(OC(=O)C2=C(C)NC(C)=C(C(=O)O)C2c2cccc(C#N)c2)CCCC1OC1CCCCC1. The van der Waals surface area contributed by atoms with Crippen LogP contribution in [0.5, 0.6) is 0 Å². The molecule has 3 unspecified atom stereocenters. The Balaban J connectivity index is 1.68. The number of dihydropyridines is 1. The lowest BCUT2D eigenvalue weighted by Crippen LogP contribution is -2.46. The first-order chi connectivity index (χ1) is 17.3. The number of benzene rings is 1. The van der Waals surface area contributed by atoms with Gasteiger partial charge in [-0.3, -0.25) is 0 Å². The second-order valence-corrected chi connectivity index (χ2v) is 10.3. The summed E-state index contributed by atoms with van der Waals surface area (Å²) >= 11 is 0. The number of ether oxygens (including phenoxy) is 2. The maximum absolute atomic E-state index is 13.9. The number of hydrogen-bond acceptors (Lipinski definition) is 6. The molecule has 2 N–H and O–H groups in total. The highest BCUT2D eigenvalue weighted by Crippen LogP contribution is 2.44. The van der Waals surface area contributed by atoms with Crippen LogP contribution in [0.2, 0.25) is 0 Å². The van der Waals surface area contributed by atoms with Gasteiger partial charge >= 0.3 is 11.9 Å². The fourth-order valence-electron chi connectivity index (χ4n) is 6.14. The lowest BCUT2D eigenvalue weighted by atomic mass is 9.80. The maximum atomic E-state index is 13.9. The summed E-state index contributed by atoms with van der Waals surface area (Å²) in [7, 11) is 0. The van der Waals surface area contributed by atoms with Crippen molar-refractivity contribution in [2.45, 2.75) is 102 Å². The Kier molecular flexibility index (Phi) is 7.85. The molecule has 3 atom stereocenters. The van der Waals surface area contributed by atoms with Crippen LogP contribution < -0.4 is 5.32 Å². The van der Waals surface area contributed by atoms with Crippen LogP contribution in [0.3, 0.4) is 0 Å². The number of rotatable bonds is 7. The van der Waals surface area contributed by atoms with Gasteiger partial charge in [-0.15, -0.1) is 0 Å². The summed E-state index contributed by atoms with van der Waals surface area (Å²) in [5, 5.41) is 22.6. The molecule has 0 aromatic heterocycles. The summed E-state index contributed by atoms with van der Waals surface area (Å²) in [6.45, 7) is 5.48. The summed E-state index contributed by atoms with van der Waals surface area (Å²) in [6.07, 6.45) is 8.82. The number of nitriles is 1. The Morgan fingerprint density at radius 1 is 1.11 bits per heavy atom. The molecule has 0 bridgehead atoms. The summed E-state index contributed by atoms with van der Waals surface area (Å²) in [6, 6.07) is 8.88. The van der Waals surface area contributed by atoms with Crippen molar-refractivity contribution in [3.05, 3.63) is 57.9 Å². The summed E-state index contributed by atoms with van der Waals surface area (Å²) in [4.78, 5) is 26.3. The molecule has 192 valence electrons. The van der Waals surface area contributed by atoms with Gasteiger partial charge in [0.1, 0.15) is 5.60 Å². The number of nitrogens with one attached hydrogen (secondary N) is 1. The number of carbonyl (C=O) groups excluding carboxylic acids is 1. The molecular formula is C29H36N2O5. The second kappa shape index (κ2) is 10.9. The minimum Gasteiger partial charge on any atom is -0.478 e. The van der Waals surface area contributed by atoms with E-state index in [0.29, 0.717) is 28.9 Å². The van der Waals surface area contributed by atoms with E-state index < -0.39 is 23.5 Å². The molecule has 2 saturated carbocycles. The van der Waals surface area contributed by atoms with Crippen molar-refractivity contribution in [3.8, 4) is 6.07 Å². The first kappa shape index (κ1) is 26.0. The fraction of sp³-hybridized carbons (Fsp3) is 0.552. The molecule has 2 aliphatic carbocycles. The van der Waals surface area contributed by atoms with Gasteiger partial charge in [-0.25, -0.2) is 9.59 Å². The van der Waals surface area contributed by atoms with Crippen LogP contribution in [0.15, 0.2) is 46.8 Å². The van der Waals surface area contributed by atoms with Crippen LogP contribution in [-0.2, 0) is 19.1 Å². The van der Waals surface area contributed by atoms with E-state index in [0.717, 1.165) is 32.1 Å². The third-order valence-corrected chi connectivity index (χ3v) is 8.02. The largest absolute Gasteiger partial charge is 0.478 e. The van der Waals surface area contributed by atoms with E-state index in [2.05, 4.69) is 11.4 Å². The molecule has 4 rings (SSSR count). The number of hydrogen-bond donors (Lipinski definition) is 2. The topological polar surface area (TPSA) is 109 Å². The number of aliphatic carboxylic acids is 1. The highest BCUT2D eigenvalue weighted by Gasteiger charge is 2.48. The van der Waals surface area contributed by atoms with Crippen LogP contribution in [0.25, 0.3) is 0 Å². The lowest BCUT2D eigenvalue weighted by molar-refractivity contribution is -0.178. The highest BCUT2D eigenvalue weighted by molar-refractivity contribution is 5.99. The van der Waals surface area contributed by atoms with Crippen molar-refractivity contribution < 1.29 is 24.2 Å². The van der Waals surface area contributed by atoms with Crippen LogP contribution >= 0.6 is 0 Å². The van der Waals surface area contributed by atoms with Crippen molar-refractivity contribution in [1.82, 2.24) is 5.32 Å². The van der Waals surface area contributed by atoms with Gasteiger partial charge in [-0.05, 0) is 70.1 Å². The molecule has 2 fully saturated rings. The van der Waals surface area contributed by atoms with Crippen LogP contribution in [0, 0.1) is 11.3 Å². The number of carboxylic acid groups (broad SMARTS) is 1. The molecule has 7 heteroatoms. The van der Waals surface area contributed by atoms with Gasteiger partial charge in [0.05, 0.1) is 40.9 Å². The van der Waals surface area contributed by atoms with Crippen molar-refractivity contribution in [1.29, 1.82) is 5.26 Å². The van der Waals surface area contributed by atoms with Gasteiger partial charge in [-0.2, -0.15) is 5.26 Å². The third kappa shape index (κ3) is 5.05. The van der Waals surface area contributed by atoms with Crippen LogP contribution in [-0.4, -0.2) is 34.9 Å². The first-order valence-corrected chi connectivity index (χ1v) is 13.1. The number of esters is 1. The Bertz CT molecular complexity index is 1120. The van der Waals surface area contributed by atoms with Crippen LogP contribution in [0.1, 0.15) is 95.6 Å². The highest BCUT2D eigenvalue weighted by atomic mass is 16.6. The Labute approximate surface area is 213 Å². The number of carboxylic acids is 1. The van der Waals surface area contributed by atoms with Gasteiger partial charge < -0.3 is 19.9 Å². The summed E-state index contributed by atoms with van der Waals surface area (Å²) < 4.78 is 12.9.